The van der Waals surface area contributed by atoms with Crippen molar-refractivity contribution in [1.29, 1.82) is 5.26 Å². The number of nitrogens with zero attached hydrogens (tertiary/aromatic N) is 1. The molecule has 1 unspecified atom stereocenters. The van der Waals surface area contributed by atoms with Gasteiger partial charge in [-0.05, 0) is 42.5 Å². The minimum Gasteiger partial charge on any atom is -0.872 e. The molecule has 184 valence electrons. The van der Waals surface area contributed by atoms with E-state index in [0.29, 0.717) is 11.1 Å². The van der Waals surface area contributed by atoms with Gasteiger partial charge in [-0.3, -0.25) is 9.59 Å². The van der Waals surface area contributed by atoms with E-state index in [0.717, 1.165) is 62.6 Å². The molecule has 0 radical (unpaired) electrons. The summed E-state index contributed by atoms with van der Waals surface area (Å²) >= 11 is 0. The van der Waals surface area contributed by atoms with Gasteiger partial charge >= 0.3 is 0 Å². The lowest BCUT2D eigenvalue weighted by atomic mass is 9.85. The summed E-state index contributed by atoms with van der Waals surface area (Å²) in [4.78, 5) is 26.9. The molecule has 35 heavy (non-hydrogen) atoms. The molecule has 0 aromatic heterocycles. The SMILES string of the molecule is CCCC[P+](CCCC)(CCCC)C(C1=C([O-])c2ccccc2C(=O)C1=O)c1ccc(C#N)cc1. The standard InChI is InChI=1S/C30H36NO3P/c1-4-7-18-35(19-8-5-2,20-9-6-3)30(23-16-14-22(21-31)15-17-23)26-27(32)24-12-10-11-13-25(24)28(33)29(26)34/h10-17,30H,4-9,18-20H2,1-3H3. The number of hydrogen-bond donors (Lipinski definition) is 0. The topological polar surface area (TPSA) is 81.0 Å². The first kappa shape index (κ1) is 26.8. The molecule has 5 heteroatoms. The third-order valence-electron chi connectivity index (χ3n) is 7.16. The van der Waals surface area contributed by atoms with Gasteiger partial charge in [0.1, 0.15) is 5.66 Å². The normalized spacial score (nSPS) is 14.6. The van der Waals surface area contributed by atoms with E-state index >= 15 is 0 Å². The van der Waals surface area contributed by atoms with Crippen LogP contribution in [0.3, 0.4) is 0 Å². The van der Waals surface area contributed by atoms with Crippen LogP contribution in [0, 0.1) is 11.3 Å². The number of allylic oxidation sites excluding steroid dienone is 1. The van der Waals surface area contributed by atoms with E-state index in [-0.39, 0.29) is 22.6 Å². The molecule has 2 aromatic carbocycles. The third-order valence-corrected chi connectivity index (χ3v) is 12.4. The summed E-state index contributed by atoms with van der Waals surface area (Å²) < 4.78 is 0. The van der Waals surface area contributed by atoms with Crippen molar-refractivity contribution in [3.8, 4) is 6.07 Å². The number of rotatable bonds is 12. The number of unbranched alkanes of at least 4 members (excludes halogenated alkanes) is 3. The maximum absolute atomic E-state index is 13.9. The first-order valence-corrected chi connectivity index (χ1v) is 15.3. The van der Waals surface area contributed by atoms with Crippen LogP contribution in [0.5, 0.6) is 0 Å². The summed E-state index contributed by atoms with van der Waals surface area (Å²) in [6.07, 6.45) is 9.21. The van der Waals surface area contributed by atoms with Crippen molar-refractivity contribution in [2.45, 2.75) is 65.0 Å². The molecular weight excluding hydrogens is 453 g/mol. The van der Waals surface area contributed by atoms with Gasteiger partial charge in [0.2, 0.25) is 11.6 Å². The van der Waals surface area contributed by atoms with E-state index in [1.54, 1.807) is 36.4 Å². The molecule has 0 amide bonds. The molecule has 0 saturated carbocycles. The van der Waals surface area contributed by atoms with Crippen LogP contribution in [0.1, 0.15) is 92.0 Å². The fourth-order valence-electron chi connectivity index (χ4n) is 5.26. The quantitative estimate of drug-likeness (QED) is 0.250. The van der Waals surface area contributed by atoms with Gasteiger partial charge in [-0.1, -0.05) is 82.2 Å². The van der Waals surface area contributed by atoms with Crippen LogP contribution in [-0.4, -0.2) is 30.1 Å². The van der Waals surface area contributed by atoms with Crippen LogP contribution in [0.2, 0.25) is 0 Å². The van der Waals surface area contributed by atoms with Crippen LogP contribution >= 0.6 is 7.26 Å². The highest BCUT2D eigenvalue weighted by Crippen LogP contribution is 2.73. The third kappa shape index (κ3) is 5.57. The lowest BCUT2D eigenvalue weighted by Gasteiger charge is -2.39. The van der Waals surface area contributed by atoms with Gasteiger partial charge in [0.05, 0.1) is 30.1 Å². The van der Waals surface area contributed by atoms with Crippen molar-refractivity contribution < 1.29 is 14.7 Å². The molecule has 1 aliphatic rings. The number of hydrogen-bond acceptors (Lipinski definition) is 4. The number of ketones is 2. The zero-order chi connectivity index (χ0) is 25.4. The first-order chi connectivity index (χ1) is 16.9. The highest BCUT2D eigenvalue weighted by Gasteiger charge is 2.50. The van der Waals surface area contributed by atoms with Crippen molar-refractivity contribution >= 4 is 24.6 Å². The maximum Gasteiger partial charge on any atom is 0.233 e. The van der Waals surface area contributed by atoms with E-state index < -0.39 is 18.8 Å². The Kier molecular flexibility index (Phi) is 9.41. The van der Waals surface area contributed by atoms with E-state index in [9.17, 15) is 20.0 Å². The molecule has 0 N–H and O–H groups in total. The van der Waals surface area contributed by atoms with Gasteiger partial charge in [0.25, 0.3) is 0 Å². The predicted octanol–water partition coefficient (Wildman–Crippen LogP) is 6.55. The molecular formula is C30H36NO3P. The Labute approximate surface area is 210 Å². The Balaban J connectivity index is 2.33. The molecule has 0 saturated heterocycles. The molecule has 4 nitrogen and oxygen atoms in total. The van der Waals surface area contributed by atoms with Crippen LogP contribution in [-0.2, 0) is 4.79 Å². The minimum atomic E-state index is -1.90. The molecule has 0 aliphatic heterocycles. The summed E-state index contributed by atoms with van der Waals surface area (Å²) in [5.41, 5.74) is 1.77. The van der Waals surface area contributed by atoms with Crippen molar-refractivity contribution in [2.75, 3.05) is 18.5 Å². The van der Waals surface area contributed by atoms with E-state index in [1.165, 1.54) is 0 Å². The molecule has 0 heterocycles. The molecule has 3 rings (SSSR count). The Morgan fingerprint density at radius 3 is 1.80 bits per heavy atom. The van der Waals surface area contributed by atoms with Gasteiger partial charge in [-0.2, -0.15) is 5.26 Å². The average Bonchev–Trinajstić information content (AvgIpc) is 2.90. The van der Waals surface area contributed by atoms with Crippen LogP contribution < -0.4 is 5.11 Å². The number of fused-ring (bicyclic) bond motifs is 1. The largest absolute Gasteiger partial charge is 0.872 e. The van der Waals surface area contributed by atoms with E-state index in [2.05, 4.69) is 26.8 Å². The van der Waals surface area contributed by atoms with Crippen molar-refractivity contribution in [3.63, 3.8) is 0 Å². The lowest BCUT2D eigenvalue weighted by Crippen LogP contribution is -2.33. The molecule has 0 bridgehead atoms. The predicted molar refractivity (Wildman–Crippen MR) is 143 cm³/mol. The summed E-state index contributed by atoms with van der Waals surface area (Å²) in [5.74, 6) is -1.52. The van der Waals surface area contributed by atoms with Crippen LogP contribution in [0.25, 0.3) is 5.76 Å². The van der Waals surface area contributed by atoms with Crippen molar-refractivity contribution in [3.05, 3.63) is 76.4 Å². The van der Waals surface area contributed by atoms with Crippen molar-refractivity contribution in [2.24, 2.45) is 0 Å². The smallest absolute Gasteiger partial charge is 0.233 e. The highest BCUT2D eigenvalue weighted by atomic mass is 31.2. The Morgan fingerprint density at radius 1 is 0.800 bits per heavy atom. The van der Waals surface area contributed by atoms with Gasteiger partial charge in [0.15, 0.2) is 0 Å². The summed E-state index contributed by atoms with van der Waals surface area (Å²) in [7, 11) is -1.90. The molecule has 0 fully saturated rings. The number of carbonyl (C=O) groups excluding carboxylic acids is 2. The average molecular weight is 490 g/mol. The molecule has 2 aromatic rings. The molecule has 1 aliphatic carbocycles. The second-order valence-electron chi connectivity index (χ2n) is 9.53. The monoisotopic (exact) mass is 489 g/mol. The van der Waals surface area contributed by atoms with Gasteiger partial charge in [0, 0.05) is 18.4 Å². The maximum atomic E-state index is 13.9. The molecule has 1 atom stereocenters. The zero-order valence-electron chi connectivity index (χ0n) is 21.2. The van der Waals surface area contributed by atoms with E-state index in [4.69, 9.17) is 0 Å². The van der Waals surface area contributed by atoms with Crippen LogP contribution in [0.4, 0.5) is 0 Å². The zero-order valence-corrected chi connectivity index (χ0v) is 22.1. The number of Topliss-reactive ketones (excluding diaryl/α,β-unsaturated/α-hetero) is 2. The second kappa shape index (κ2) is 12.3. The Hall–Kier alpha value is -2.76. The minimum absolute atomic E-state index is 0.162. The Morgan fingerprint density at radius 2 is 1.31 bits per heavy atom. The first-order valence-electron chi connectivity index (χ1n) is 12.9. The van der Waals surface area contributed by atoms with Crippen molar-refractivity contribution in [1.82, 2.24) is 0 Å². The lowest BCUT2D eigenvalue weighted by molar-refractivity contribution is -0.245. The fraction of sp³-hybridized carbons (Fsp3) is 0.433. The fourth-order valence-corrected chi connectivity index (χ4v) is 11.1. The number of benzene rings is 2. The van der Waals surface area contributed by atoms with E-state index in [1.807, 2.05) is 12.1 Å². The van der Waals surface area contributed by atoms with Crippen LogP contribution in [0.15, 0.2) is 54.1 Å². The number of nitriles is 1. The Bertz CT molecular complexity index is 1110. The van der Waals surface area contributed by atoms with Gasteiger partial charge in [-0.25, -0.2) is 0 Å². The highest BCUT2D eigenvalue weighted by molar-refractivity contribution is 7.76. The van der Waals surface area contributed by atoms with Gasteiger partial charge in [-0.15, -0.1) is 0 Å². The summed E-state index contributed by atoms with van der Waals surface area (Å²) in [5, 5.41) is 23.3. The second-order valence-corrected chi connectivity index (χ2v) is 13.8. The number of carbonyl (C=O) groups is 2. The van der Waals surface area contributed by atoms with Gasteiger partial charge < -0.3 is 5.11 Å². The summed E-state index contributed by atoms with van der Waals surface area (Å²) in [6.45, 7) is 6.53. The molecule has 0 spiro atoms. The summed E-state index contributed by atoms with van der Waals surface area (Å²) in [6, 6.07) is 16.2.